The van der Waals surface area contributed by atoms with E-state index in [4.69, 9.17) is 4.74 Å². The van der Waals surface area contributed by atoms with Crippen molar-refractivity contribution < 1.29 is 14.3 Å². The molecular formula is C30H32N2O3S. The van der Waals surface area contributed by atoms with Gasteiger partial charge in [0.25, 0.3) is 11.8 Å². The fourth-order valence-corrected chi connectivity index (χ4v) is 5.06. The molecule has 0 spiro atoms. The van der Waals surface area contributed by atoms with E-state index in [1.165, 1.54) is 11.8 Å². The summed E-state index contributed by atoms with van der Waals surface area (Å²) in [5.74, 6) is 0.574. The molecule has 0 aromatic heterocycles. The Kier molecular flexibility index (Phi) is 8.16. The molecule has 1 atom stereocenters. The van der Waals surface area contributed by atoms with Crippen molar-refractivity contribution in [2.45, 2.75) is 44.6 Å². The van der Waals surface area contributed by atoms with Gasteiger partial charge in [-0.25, -0.2) is 0 Å². The van der Waals surface area contributed by atoms with E-state index >= 15 is 0 Å². The number of nitrogens with zero attached hydrogens (tertiary/aromatic N) is 1. The number of anilines is 1. The van der Waals surface area contributed by atoms with Gasteiger partial charge < -0.3 is 15.0 Å². The van der Waals surface area contributed by atoms with E-state index in [-0.39, 0.29) is 17.9 Å². The lowest BCUT2D eigenvalue weighted by atomic mass is 10.1. The van der Waals surface area contributed by atoms with Gasteiger partial charge in [-0.15, -0.1) is 0 Å². The molecule has 0 saturated heterocycles. The highest BCUT2D eigenvalue weighted by molar-refractivity contribution is 8.04. The normalized spacial score (nSPS) is 14.9. The van der Waals surface area contributed by atoms with E-state index in [0.29, 0.717) is 17.1 Å². The number of rotatable bonds is 8. The van der Waals surface area contributed by atoms with Crippen molar-refractivity contribution in [3.63, 3.8) is 0 Å². The molecule has 36 heavy (non-hydrogen) atoms. The van der Waals surface area contributed by atoms with Crippen LogP contribution in [0, 0.1) is 6.92 Å². The van der Waals surface area contributed by atoms with Gasteiger partial charge in [-0.05, 0) is 73.4 Å². The van der Waals surface area contributed by atoms with Crippen LogP contribution in [0.4, 0.5) is 5.69 Å². The number of carbonyl (C=O) groups excluding carboxylic acids is 2. The number of hydrogen-bond donors (Lipinski definition) is 1. The SMILES string of the molecule is CCCCOc1ccc(C(C)NC(=O)c2ccc3c(c2)N(C)C(=O)/C(=C\c2ccccc2C)S3)cc1. The summed E-state index contributed by atoms with van der Waals surface area (Å²) in [6.07, 6.45) is 4.06. The van der Waals surface area contributed by atoms with Crippen molar-refractivity contribution in [2.24, 2.45) is 0 Å². The molecule has 0 saturated carbocycles. The average molecular weight is 501 g/mol. The maximum Gasteiger partial charge on any atom is 0.264 e. The van der Waals surface area contributed by atoms with Crippen LogP contribution in [-0.2, 0) is 4.79 Å². The zero-order valence-electron chi connectivity index (χ0n) is 21.2. The first-order chi connectivity index (χ1) is 17.4. The van der Waals surface area contributed by atoms with Gasteiger partial charge in [0, 0.05) is 17.5 Å². The number of ether oxygens (including phenoxy) is 1. The van der Waals surface area contributed by atoms with Crippen LogP contribution < -0.4 is 15.0 Å². The second kappa shape index (κ2) is 11.5. The average Bonchev–Trinajstić information content (AvgIpc) is 2.88. The minimum atomic E-state index is -0.180. The predicted molar refractivity (Wildman–Crippen MR) is 148 cm³/mol. The molecule has 1 heterocycles. The van der Waals surface area contributed by atoms with Crippen LogP contribution in [0.2, 0.25) is 0 Å². The molecule has 3 aromatic rings. The lowest BCUT2D eigenvalue weighted by Gasteiger charge is -2.27. The quantitative estimate of drug-likeness (QED) is 0.274. The van der Waals surface area contributed by atoms with E-state index in [9.17, 15) is 9.59 Å². The van der Waals surface area contributed by atoms with E-state index in [1.807, 2.05) is 80.6 Å². The van der Waals surface area contributed by atoms with Crippen LogP contribution in [0.3, 0.4) is 0 Å². The molecule has 0 fully saturated rings. The van der Waals surface area contributed by atoms with Crippen molar-refractivity contribution in [1.29, 1.82) is 0 Å². The summed E-state index contributed by atoms with van der Waals surface area (Å²) in [5, 5.41) is 3.06. The first-order valence-electron chi connectivity index (χ1n) is 12.3. The van der Waals surface area contributed by atoms with Crippen molar-refractivity contribution in [3.05, 3.63) is 93.9 Å². The van der Waals surface area contributed by atoms with Gasteiger partial charge in [0.1, 0.15) is 5.75 Å². The molecule has 1 N–H and O–H groups in total. The number of thioether (sulfide) groups is 1. The largest absolute Gasteiger partial charge is 0.494 e. The predicted octanol–water partition coefficient (Wildman–Crippen LogP) is 6.77. The topological polar surface area (TPSA) is 58.6 Å². The highest BCUT2D eigenvalue weighted by Gasteiger charge is 2.27. The summed E-state index contributed by atoms with van der Waals surface area (Å²) in [7, 11) is 1.75. The maximum atomic E-state index is 13.1. The summed E-state index contributed by atoms with van der Waals surface area (Å²) in [6.45, 7) is 6.83. The summed E-state index contributed by atoms with van der Waals surface area (Å²) < 4.78 is 5.72. The Bertz CT molecular complexity index is 1280. The third-order valence-corrected chi connectivity index (χ3v) is 7.36. The van der Waals surface area contributed by atoms with Crippen LogP contribution in [0.5, 0.6) is 5.75 Å². The smallest absolute Gasteiger partial charge is 0.264 e. The zero-order chi connectivity index (χ0) is 25.7. The van der Waals surface area contributed by atoms with Crippen molar-refractivity contribution in [2.75, 3.05) is 18.6 Å². The number of fused-ring (bicyclic) bond motifs is 1. The van der Waals surface area contributed by atoms with Gasteiger partial charge in [-0.1, -0.05) is 61.5 Å². The van der Waals surface area contributed by atoms with E-state index in [0.717, 1.165) is 45.9 Å². The number of unbranched alkanes of at least 4 members (excludes halogenated alkanes) is 1. The Morgan fingerprint density at radius 3 is 2.58 bits per heavy atom. The molecular weight excluding hydrogens is 468 g/mol. The number of carbonyl (C=O) groups is 2. The molecule has 5 nitrogen and oxygen atoms in total. The van der Waals surface area contributed by atoms with Crippen molar-refractivity contribution in [1.82, 2.24) is 5.32 Å². The minimum Gasteiger partial charge on any atom is -0.494 e. The molecule has 6 heteroatoms. The van der Waals surface area contributed by atoms with Gasteiger partial charge in [-0.2, -0.15) is 0 Å². The molecule has 2 amide bonds. The molecule has 1 aliphatic heterocycles. The van der Waals surface area contributed by atoms with Gasteiger partial charge >= 0.3 is 0 Å². The van der Waals surface area contributed by atoms with E-state index in [1.54, 1.807) is 18.0 Å². The highest BCUT2D eigenvalue weighted by Crippen LogP contribution is 2.42. The molecule has 186 valence electrons. The summed E-state index contributed by atoms with van der Waals surface area (Å²) in [6, 6.07) is 21.2. The summed E-state index contributed by atoms with van der Waals surface area (Å²) in [5.41, 5.74) is 4.40. The van der Waals surface area contributed by atoms with Crippen LogP contribution in [0.1, 0.15) is 59.8 Å². The fraction of sp³-hybridized carbons (Fsp3) is 0.267. The lowest BCUT2D eigenvalue weighted by molar-refractivity contribution is -0.114. The second-order valence-corrected chi connectivity index (χ2v) is 10.1. The monoisotopic (exact) mass is 500 g/mol. The van der Waals surface area contributed by atoms with Gasteiger partial charge in [0.2, 0.25) is 0 Å². The summed E-state index contributed by atoms with van der Waals surface area (Å²) in [4.78, 5) is 29.3. The third kappa shape index (κ3) is 5.82. The van der Waals surface area contributed by atoms with E-state index < -0.39 is 0 Å². The van der Waals surface area contributed by atoms with Gasteiger partial charge in [-0.3, -0.25) is 9.59 Å². The van der Waals surface area contributed by atoms with Crippen molar-refractivity contribution in [3.8, 4) is 5.75 Å². The number of benzene rings is 3. The van der Waals surface area contributed by atoms with Crippen LogP contribution in [0.15, 0.2) is 76.5 Å². The molecule has 3 aromatic carbocycles. The second-order valence-electron chi connectivity index (χ2n) is 8.98. The number of nitrogens with one attached hydrogen (secondary N) is 1. The van der Waals surface area contributed by atoms with Gasteiger partial charge in [0.15, 0.2) is 0 Å². The summed E-state index contributed by atoms with van der Waals surface area (Å²) >= 11 is 1.44. The first-order valence-corrected chi connectivity index (χ1v) is 13.1. The fourth-order valence-electron chi connectivity index (χ4n) is 3.98. The number of likely N-dealkylation sites (N-methyl/N-ethyl adjacent to an activating group) is 1. The zero-order valence-corrected chi connectivity index (χ0v) is 22.0. The standard InChI is InChI=1S/C30H32N2O3S/c1-5-6-17-35-25-14-11-22(12-15-25)21(3)31-29(33)24-13-16-27-26(18-24)32(4)30(34)28(36-27)19-23-10-8-7-9-20(23)2/h7-16,18-19,21H,5-6,17H2,1-4H3,(H,31,33)/b28-19+. The minimum absolute atomic E-state index is 0.0806. The van der Waals surface area contributed by atoms with Crippen LogP contribution in [-0.4, -0.2) is 25.5 Å². The van der Waals surface area contributed by atoms with E-state index in [2.05, 4.69) is 12.2 Å². The number of hydrogen-bond acceptors (Lipinski definition) is 4. The Balaban J connectivity index is 1.46. The highest BCUT2D eigenvalue weighted by atomic mass is 32.2. The number of aryl methyl sites for hydroxylation is 1. The van der Waals surface area contributed by atoms with Crippen LogP contribution in [0.25, 0.3) is 6.08 Å². The number of amides is 2. The first kappa shape index (κ1) is 25.6. The molecule has 1 unspecified atom stereocenters. The maximum absolute atomic E-state index is 13.1. The molecule has 4 rings (SSSR count). The molecule has 0 radical (unpaired) electrons. The van der Waals surface area contributed by atoms with Crippen LogP contribution >= 0.6 is 11.8 Å². The molecule has 0 bridgehead atoms. The van der Waals surface area contributed by atoms with Gasteiger partial charge in [0.05, 0.1) is 23.2 Å². The Labute approximate surface area is 217 Å². The third-order valence-electron chi connectivity index (χ3n) is 6.29. The van der Waals surface area contributed by atoms with Crippen molar-refractivity contribution >= 4 is 35.3 Å². The molecule has 0 aliphatic carbocycles. The molecule has 1 aliphatic rings. The Hall–Kier alpha value is -3.51. The Morgan fingerprint density at radius 1 is 1.11 bits per heavy atom. The lowest BCUT2D eigenvalue weighted by Crippen LogP contribution is -2.31. The Morgan fingerprint density at radius 2 is 1.86 bits per heavy atom.